The van der Waals surface area contributed by atoms with Gasteiger partial charge in [0.1, 0.15) is 11.8 Å². The van der Waals surface area contributed by atoms with Gasteiger partial charge in [-0.1, -0.05) is 29.8 Å². The van der Waals surface area contributed by atoms with Crippen molar-refractivity contribution in [3.63, 3.8) is 0 Å². The van der Waals surface area contributed by atoms with Crippen molar-refractivity contribution in [2.24, 2.45) is 0 Å². The first kappa shape index (κ1) is 19.5. The molecule has 0 spiro atoms. The van der Waals surface area contributed by atoms with E-state index >= 15 is 0 Å². The smallest absolute Gasteiger partial charge is 0.251 e. The Kier molecular flexibility index (Phi) is 6.78. The molecular formula is C21H26N2O3. The first-order valence-corrected chi connectivity index (χ1v) is 8.81. The summed E-state index contributed by atoms with van der Waals surface area (Å²) >= 11 is 0. The lowest BCUT2D eigenvalue weighted by molar-refractivity contribution is -0.123. The van der Waals surface area contributed by atoms with Crippen LogP contribution in [0, 0.1) is 6.92 Å². The lowest BCUT2D eigenvalue weighted by atomic mass is 10.1. The van der Waals surface area contributed by atoms with Crippen LogP contribution in [0.5, 0.6) is 5.75 Å². The van der Waals surface area contributed by atoms with Gasteiger partial charge in [-0.15, -0.1) is 0 Å². The van der Waals surface area contributed by atoms with Crippen molar-refractivity contribution < 1.29 is 14.3 Å². The quantitative estimate of drug-likeness (QED) is 0.801. The molecular weight excluding hydrogens is 328 g/mol. The summed E-state index contributed by atoms with van der Waals surface area (Å²) in [4.78, 5) is 24.6. The highest BCUT2D eigenvalue weighted by Crippen LogP contribution is 2.17. The van der Waals surface area contributed by atoms with E-state index in [0.29, 0.717) is 12.2 Å². The highest BCUT2D eigenvalue weighted by atomic mass is 16.5. The number of carbonyl (C=O) groups is 2. The fraction of sp³-hybridized carbons (Fsp3) is 0.333. The van der Waals surface area contributed by atoms with Crippen LogP contribution < -0.4 is 15.4 Å². The van der Waals surface area contributed by atoms with Crippen LogP contribution in [-0.2, 0) is 4.79 Å². The third-order valence-corrected chi connectivity index (χ3v) is 4.07. The molecule has 0 heterocycles. The van der Waals surface area contributed by atoms with Gasteiger partial charge in [-0.05, 0) is 57.5 Å². The zero-order valence-corrected chi connectivity index (χ0v) is 15.7. The minimum atomic E-state index is -0.631. The number of ether oxygens (including phenoxy) is 1. The summed E-state index contributed by atoms with van der Waals surface area (Å²) in [5.74, 6) is 0.311. The lowest BCUT2D eigenvalue weighted by Crippen LogP contribution is -2.45. The van der Waals surface area contributed by atoms with Gasteiger partial charge < -0.3 is 15.4 Å². The number of hydrogen-bond acceptors (Lipinski definition) is 3. The molecule has 0 fully saturated rings. The van der Waals surface area contributed by atoms with Gasteiger partial charge in [-0.25, -0.2) is 0 Å². The molecule has 2 unspecified atom stereocenters. The Hall–Kier alpha value is -2.82. The van der Waals surface area contributed by atoms with Crippen molar-refractivity contribution in [3.05, 3.63) is 65.2 Å². The first-order valence-electron chi connectivity index (χ1n) is 8.81. The van der Waals surface area contributed by atoms with Crippen molar-refractivity contribution in [1.29, 1.82) is 0 Å². The van der Waals surface area contributed by atoms with Crippen molar-refractivity contribution in [1.82, 2.24) is 10.6 Å². The van der Waals surface area contributed by atoms with Crippen LogP contribution in [-0.4, -0.2) is 24.5 Å². The topological polar surface area (TPSA) is 67.4 Å². The van der Waals surface area contributed by atoms with Crippen molar-refractivity contribution in [3.8, 4) is 5.75 Å². The Labute approximate surface area is 154 Å². The molecule has 2 aromatic rings. The molecule has 0 aliphatic carbocycles. The molecule has 0 saturated carbocycles. The molecule has 0 radical (unpaired) electrons. The van der Waals surface area contributed by atoms with Gasteiger partial charge >= 0.3 is 0 Å². The number of benzene rings is 2. The van der Waals surface area contributed by atoms with Gasteiger partial charge in [0.2, 0.25) is 5.91 Å². The standard InChI is InChI=1S/C21H26N2O3/c1-5-26-19-11-9-17(10-12-19)15(3)22-20(24)16(4)23-21(25)18-8-6-7-14(2)13-18/h6-13,15-16H,5H2,1-4H3,(H,22,24)(H,23,25). The number of hydrogen-bond donors (Lipinski definition) is 2. The lowest BCUT2D eigenvalue weighted by Gasteiger charge is -2.19. The molecule has 2 amide bonds. The number of rotatable bonds is 7. The molecule has 2 aromatic carbocycles. The van der Waals surface area contributed by atoms with E-state index in [-0.39, 0.29) is 17.9 Å². The third-order valence-electron chi connectivity index (χ3n) is 4.07. The van der Waals surface area contributed by atoms with Crippen molar-refractivity contribution >= 4 is 11.8 Å². The van der Waals surface area contributed by atoms with Crippen LogP contribution >= 0.6 is 0 Å². The Morgan fingerprint density at radius 3 is 2.35 bits per heavy atom. The Morgan fingerprint density at radius 1 is 1.04 bits per heavy atom. The summed E-state index contributed by atoms with van der Waals surface area (Å²) in [5, 5.41) is 5.66. The van der Waals surface area contributed by atoms with Crippen LogP contribution in [0.15, 0.2) is 48.5 Å². The van der Waals surface area contributed by atoms with Gasteiger partial charge in [-0.3, -0.25) is 9.59 Å². The zero-order valence-electron chi connectivity index (χ0n) is 15.7. The first-order chi connectivity index (χ1) is 12.4. The number of amides is 2. The fourth-order valence-electron chi connectivity index (χ4n) is 2.57. The Morgan fingerprint density at radius 2 is 1.73 bits per heavy atom. The molecule has 0 saturated heterocycles. The predicted molar refractivity (Wildman–Crippen MR) is 102 cm³/mol. The van der Waals surface area contributed by atoms with Gasteiger partial charge in [0.05, 0.1) is 12.6 Å². The molecule has 0 aliphatic heterocycles. The highest BCUT2D eigenvalue weighted by molar-refractivity contribution is 5.97. The average Bonchev–Trinajstić information content (AvgIpc) is 2.62. The summed E-state index contributed by atoms with van der Waals surface area (Å²) in [5.41, 5.74) is 2.52. The van der Waals surface area contributed by atoms with E-state index in [1.807, 2.05) is 57.2 Å². The Balaban J connectivity index is 1.92. The molecule has 5 heteroatoms. The second kappa shape index (κ2) is 9.04. The largest absolute Gasteiger partial charge is 0.494 e. The predicted octanol–water partition coefficient (Wildman–Crippen LogP) is 3.39. The number of nitrogens with one attached hydrogen (secondary N) is 2. The van der Waals surface area contributed by atoms with E-state index in [0.717, 1.165) is 16.9 Å². The van der Waals surface area contributed by atoms with E-state index in [1.54, 1.807) is 19.1 Å². The van der Waals surface area contributed by atoms with E-state index < -0.39 is 6.04 Å². The second-order valence-corrected chi connectivity index (χ2v) is 6.30. The van der Waals surface area contributed by atoms with E-state index in [2.05, 4.69) is 10.6 Å². The summed E-state index contributed by atoms with van der Waals surface area (Å²) < 4.78 is 5.42. The molecule has 138 valence electrons. The third kappa shape index (κ3) is 5.34. The monoisotopic (exact) mass is 354 g/mol. The van der Waals surface area contributed by atoms with Gasteiger partial charge in [-0.2, -0.15) is 0 Å². The molecule has 5 nitrogen and oxygen atoms in total. The van der Waals surface area contributed by atoms with Crippen LogP contribution in [0.2, 0.25) is 0 Å². The summed E-state index contributed by atoms with van der Waals surface area (Å²) in [6.07, 6.45) is 0. The summed E-state index contributed by atoms with van der Waals surface area (Å²) in [7, 11) is 0. The maximum absolute atomic E-state index is 12.4. The molecule has 0 bridgehead atoms. The maximum atomic E-state index is 12.4. The normalized spacial score (nSPS) is 12.8. The van der Waals surface area contributed by atoms with Gasteiger partial charge in [0.15, 0.2) is 0 Å². The van der Waals surface area contributed by atoms with Crippen LogP contribution in [0.4, 0.5) is 0 Å². The average molecular weight is 354 g/mol. The molecule has 2 N–H and O–H groups in total. The zero-order chi connectivity index (χ0) is 19.1. The molecule has 0 aliphatic rings. The number of carbonyl (C=O) groups excluding carboxylic acids is 2. The SMILES string of the molecule is CCOc1ccc(C(C)NC(=O)C(C)NC(=O)c2cccc(C)c2)cc1. The summed E-state index contributed by atoms with van der Waals surface area (Å²) in [6, 6.07) is 14.1. The Bertz CT molecular complexity index is 756. The minimum absolute atomic E-state index is 0.170. The fourth-order valence-corrected chi connectivity index (χ4v) is 2.57. The van der Waals surface area contributed by atoms with Crippen molar-refractivity contribution in [2.45, 2.75) is 39.8 Å². The van der Waals surface area contributed by atoms with E-state index in [1.165, 1.54) is 0 Å². The molecule has 2 atom stereocenters. The maximum Gasteiger partial charge on any atom is 0.251 e. The van der Waals surface area contributed by atoms with Crippen molar-refractivity contribution in [2.75, 3.05) is 6.61 Å². The summed E-state index contributed by atoms with van der Waals surface area (Å²) in [6.45, 7) is 8.05. The van der Waals surface area contributed by atoms with E-state index in [4.69, 9.17) is 4.74 Å². The van der Waals surface area contributed by atoms with E-state index in [9.17, 15) is 9.59 Å². The van der Waals surface area contributed by atoms with Crippen LogP contribution in [0.25, 0.3) is 0 Å². The molecule has 2 rings (SSSR count). The second-order valence-electron chi connectivity index (χ2n) is 6.30. The van der Waals surface area contributed by atoms with Gasteiger partial charge in [0, 0.05) is 5.56 Å². The van der Waals surface area contributed by atoms with Gasteiger partial charge in [0.25, 0.3) is 5.91 Å². The highest BCUT2D eigenvalue weighted by Gasteiger charge is 2.19. The van der Waals surface area contributed by atoms with Crippen LogP contribution in [0.3, 0.4) is 0 Å². The van der Waals surface area contributed by atoms with Crippen LogP contribution in [0.1, 0.15) is 48.3 Å². The minimum Gasteiger partial charge on any atom is -0.494 e. The number of aryl methyl sites for hydroxylation is 1. The molecule has 26 heavy (non-hydrogen) atoms. The molecule has 0 aromatic heterocycles.